The van der Waals surface area contributed by atoms with Crippen LogP contribution < -0.4 is 19.7 Å². The lowest BCUT2D eigenvalue weighted by Gasteiger charge is -2.38. The predicted octanol–water partition coefficient (Wildman–Crippen LogP) is 10.9. The number of anilines is 2. The molecule has 1 atom stereocenters. The van der Waals surface area contributed by atoms with Crippen LogP contribution in [0.15, 0.2) is 101 Å². The molecule has 2 heterocycles. The first-order valence-electron chi connectivity index (χ1n) is 16.4. The van der Waals surface area contributed by atoms with Crippen LogP contribution in [0.3, 0.4) is 0 Å². The van der Waals surface area contributed by atoms with Crippen molar-refractivity contribution >= 4 is 33.9 Å². The van der Waals surface area contributed by atoms with Crippen molar-refractivity contribution in [1.29, 1.82) is 0 Å². The summed E-state index contributed by atoms with van der Waals surface area (Å²) in [5.41, 5.74) is 5.64. The Balaban J connectivity index is 1.57. The van der Waals surface area contributed by atoms with Crippen LogP contribution in [0, 0.1) is 6.92 Å². The molecule has 0 aromatic heterocycles. The largest absolute Gasteiger partial charge is 0.453 e. The van der Waals surface area contributed by atoms with Gasteiger partial charge in [0, 0.05) is 33.5 Å². The molecule has 0 amide bonds. The van der Waals surface area contributed by atoms with Gasteiger partial charge in [-0.05, 0) is 76.5 Å². The van der Waals surface area contributed by atoms with Gasteiger partial charge in [0.15, 0.2) is 11.5 Å². The minimum Gasteiger partial charge on any atom is -0.453 e. The molecule has 2 aliphatic heterocycles. The van der Waals surface area contributed by atoms with E-state index in [1.54, 1.807) is 11.8 Å². The summed E-state index contributed by atoms with van der Waals surface area (Å²) in [6.45, 7) is 9.90. The van der Waals surface area contributed by atoms with Crippen molar-refractivity contribution in [3.63, 3.8) is 0 Å². The second-order valence-corrected chi connectivity index (χ2v) is 14.2. The number of rotatable bonds is 9. The molecule has 46 heavy (non-hydrogen) atoms. The van der Waals surface area contributed by atoms with Crippen LogP contribution >= 0.6 is 11.8 Å². The Morgan fingerprint density at radius 3 is 2.33 bits per heavy atom. The van der Waals surface area contributed by atoms with Crippen LogP contribution in [0.5, 0.6) is 23.0 Å². The van der Waals surface area contributed by atoms with Crippen LogP contribution in [0.2, 0.25) is 0 Å². The number of unbranched alkanes of at least 4 members (excludes halogenated alkanes) is 2. The van der Waals surface area contributed by atoms with Crippen LogP contribution in [0.25, 0.3) is 10.8 Å². The second kappa shape index (κ2) is 12.3. The average Bonchev–Trinajstić information content (AvgIpc) is 3.34. The number of ether oxygens (including phenoxy) is 2. The maximum atomic E-state index is 7.23. The van der Waals surface area contributed by atoms with Crippen molar-refractivity contribution in [3.8, 4) is 23.0 Å². The van der Waals surface area contributed by atoms with Crippen molar-refractivity contribution in [3.05, 3.63) is 108 Å². The summed E-state index contributed by atoms with van der Waals surface area (Å²) < 4.78 is 14.3. The predicted molar refractivity (Wildman–Crippen MR) is 191 cm³/mol. The molecule has 1 unspecified atom stereocenters. The van der Waals surface area contributed by atoms with Crippen molar-refractivity contribution in [1.82, 2.24) is 10.2 Å². The molecule has 5 nitrogen and oxygen atoms in total. The van der Waals surface area contributed by atoms with E-state index >= 15 is 0 Å². The Kier molecular flexibility index (Phi) is 8.22. The molecule has 0 bridgehead atoms. The Labute approximate surface area is 277 Å². The molecular weight excluding hydrogens is 587 g/mol. The summed E-state index contributed by atoms with van der Waals surface area (Å²) in [6.07, 6.45) is 3.38. The van der Waals surface area contributed by atoms with Gasteiger partial charge in [0.1, 0.15) is 11.5 Å². The fourth-order valence-corrected chi connectivity index (χ4v) is 8.11. The molecule has 236 valence electrons. The van der Waals surface area contributed by atoms with E-state index in [0.717, 1.165) is 62.8 Å². The summed E-state index contributed by atoms with van der Waals surface area (Å²) in [4.78, 5) is 7.13. The van der Waals surface area contributed by atoms with Gasteiger partial charge in [-0.3, -0.25) is 10.2 Å². The smallest absolute Gasteiger partial charge is 0.186 e. The number of hydrogen-bond acceptors (Lipinski definition) is 6. The number of aryl methyl sites for hydroxylation is 1. The molecule has 2 aliphatic rings. The normalized spacial score (nSPS) is 16.3. The molecule has 1 N–H and O–H groups in total. The maximum Gasteiger partial charge on any atom is 0.186 e. The van der Waals surface area contributed by atoms with Gasteiger partial charge in [-0.15, -0.1) is 0 Å². The SMILES string of the molecule is CCCCCN1c2ccccc2Sc2c(Oc3cccc4ccccc34)c(Oc3ccccc3C)c3c(c21)C(C)(C)NC3N(C)C. The summed E-state index contributed by atoms with van der Waals surface area (Å²) in [6, 6.07) is 31.8. The topological polar surface area (TPSA) is 37.0 Å². The van der Waals surface area contributed by atoms with E-state index in [9.17, 15) is 0 Å². The van der Waals surface area contributed by atoms with E-state index in [-0.39, 0.29) is 11.7 Å². The quantitative estimate of drug-likeness (QED) is 0.164. The fourth-order valence-electron chi connectivity index (χ4n) is 6.93. The second-order valence-electron chi connectivity index (χ2n) is 13.1. The number of nitrogens with one attached hydrogen (secondary N) is 1. The van der Waals surface area contributed by atoms with E-state index in [2.05, 4.69) is 142 Å². The van der Waals surface area contributed by atoms with Crippen LogP contribution in [-0.4, -0.2) is 25.5 Å². The number of nitrogens with zero attached hydrogens (tertiary/aromatic N) is 2. The van der Waals surface area contributed by atoms with Crippen LogP contribution in [0.1, 0.15) is 62.9 Å². The van der Waals surface area contributed by atoms with E-state index in [4.69, 9.17) is 9.47 Å². The van der Waals surface area contributed by atoms with Crippen LogP contribution in [0.4, 0.5) is 11.4 Å². The molecule has 5 aromatic rings. The summed E-state index contributed by atoms with van der Waals surface area (Å²) >= 11 is 1.79. The highest BCUT2D eigenvalue weighted by atomic mass is 32.2. The van der Waals surface area contributed by atoms with Crippen molar-refractivity contribution < 1.29 is 9.47 Å². The minimum atomic E-state index is -0.327. The summed E-state index contributed by atoms with van der Waals surface area (Å²) in [5.74, 6) is 3.18. The van der Waals surface area contributed by atoms with Gasteiger partial charge in [0.25, 0.3) is 0 Å². The molecule has 0 fully saturated rings. The van der Waals surface area contributed by atoms with Gasteiger partial charge >= 0.3 is 0 Å². The van der Waals surface area contributed by atoms with Crippen LogP contribution in [-0.2, 0) is 5.54 Å². The Hall–Kier alpha value is -3.97. The molecule has 0 aliphatic carbocycles. The fraction of sp³-hybridized carbons (Fsp3) is 0.300. The van der Waals surface area contributed by atoms with Gasteiger partial charge in [-0.2, -0.15) is 0 Å². The zero-order chi connectivity index (χ0) is 32.0. The highest BCUT2D eigenvalue weighted by molar-refractivity contribution is 7.99. The molecule has 0 saturated heterocycles. The van der Waals surface area contributed by atoms with E-state index in [1.165, 1.54) is 34.7 Å². The highest BCUT2D eigenvalue weighted by Gasteiger charge is 2.47. The monoisotopic (exact) mass is 629 g/mol. The van der Waals surface area contributed by atoms with Crippen molar-refractivity contribution in [2.45, 2.75) is 68.5 Å². The third-order valence-corrected chi connectivity index (χ3v) is 10.3. The lowest BCUT2D eigenvalue weighted by molar-refractivity contribution is 0.220. The lowest BCUT2D eigenvalue weighted by atomic mass is 9.90. The number of benzene rings is 5. The van der Waals surface area contributed by atoms with Gasteiger partial charge in [0.05, 0.1) is 22.4 Å². The zero-order valence-corrected chi connectivity index (χ0v) is 28.5. The first-order chi connectivity index (χ1) is 22.3. The van der Waals surface area contributed by atoms with E-state index in [0.29, 0.717) is 0 Å². The molecule has 7 rings (SSSR count). The molecule has 0 saturated carbocycles. The molecule has 6 heteroatoms. The summed E-state index contributed by atoms with van der Waals surface area (Å²) in [7, 11) is 4.27. The highest BCUT2D eigenvalue weighted by Crippen LogP contribution is 2.63. The van der Waals surface area contributed by atoms with E-state index < -0.39 is 0 Å². The van der Waals surface area contributed by atoms with Gasteiger partial charge in [-0.1, -0.05) is 98.3 Å². The number of fused-ring (bicyclic) bond motifs is 5. The Morgan fingerprint density at radius 2 is 1.52 bits per heavy atom. The van der Waals surface area contributed by atoms with E-state index in [1.807, 2.05) is 6.07 Å². The standard InChI is InChI=1S/C40H43N3O2S/c1-7-8-15-25-43-29-21-12-14-24-32(29)46-38-35(43)34-33(39(42(5)6)41-40(34,3)4)36(44-30-22-13-9-17-26(30)2)37(38)45-31-23-16-19-27-18-10-11-20-28(27)31/h9-14,16-24,39,41H,7-8,15,25H2,1-6H3. The third-order valence-electron chi connectivity index (χ3n) is 9.18. The van der Waals surface area contributed by atoms with Crippen molar-refractivity contribution in [2.24, 2.45) is 0 Å². The molecule has 0 spiro atoms. The Morgan fingerprint density at radius 1 is 0.826 bits per heavy atom. The Bertz CT molecular complexity index is 1910. The summed E-state index contributed by atoms with van der Waals surface area (Å²) in [5, 5.41) is 6.19. The maximum absolute atomic E-state index is 7.23. The van der Waals surface area contributed by atoms with Gasteiger partial charge < -0.3 is 14.4 Å². The molecular formula is C40H43N3O2S. The zero-order valence-electron chi connectivity index (χ0n) is 27.7. The average molecular weight is 630 g/mol. The number of para-hydroxylation sites is 2. The third kappa shape index (κ3) is 5.32. The first-order valence-corrected chi connectivity index (χ1v) is 17.2. The van der Waals surface area contributed by atoms with Crippen molar-refractivity contribution in [2.75, 3.05) is 25.5 Å². The van der Waals surface area contributed by atoms with Gasteiger partial charge in [0.2, 0.25) is 0 Å². The van der Waals surface area contributed by atoms with Gasteiger partial charge in [-0.25, -0.2) is 0 Å². The first kappa shape index (κ1) is 30.7. The lowest BCUT2D eigenvalue weighted by Crippen LogP contribution is -2.38. The minimum absolute atomic E-state index is 0.0798. The number of hydrogen-bond donors (Lipinski definition) is 1. The molecule has 5 aromatic carbocycles. The molecule has 0 radical (unpaired) electrons.